The molecule has 0 aliphatic rings. The number of likely N-dealkylation sites (N-methyl/N-ethyl adjacent to an activating group) is 1. The number of urea groups is 1. The van der Waals surface area contributed by atoms with Crippen molar-refractivity contribution in [2.24, 2.45) is 0 Å². The molecule has 0 aromatic rings. The van der Waals surface area contributed by atoms with Gasteiger partial charge in [-0.25, -0.2) is 9.59 Å². The van der Waals surface area contributed by atoms with E-state index < -0.39 is 12.0 Å². The third-order valence-corrected chi connectivity index (χ3v) is 2.92. The van der Waals surface area contributed by atoms with Gasteiger partial charge < -0.3 is 15.3 Å². The van der Waals surface area contributed by atoms with Crippen LogP contribution >= 0.6 is 0 Å². The highest BCUT2D eigenvalue weighted by molar-refractivity contribution is 5.82. The van der Waals surface area contributed by atoms with Crippen molar-refractivity contribution in [2.45, 2.75) is 58.5 Å². The van der Waals surface area contributed by atoms with Crippen molar-refractivity contribution in [1.82, 2.24) is 10.2 Å². The molecular formula is C12H24N2O3. The Morgan fingerprint density at radius 1 is 1.24 bits per heavy atom. The van der Waals surface area contributed by atoms with E-state index in [2.05, 4.69) is 12.2 Å². The molecule has 5 nitrogen and oxygen atoms in total. The first kappa shape index (κ1) is 15.7. The molecule has 100 valence electrons. The number of aliphatic carboxylic acids is 1. The van der Waals surface area contributed by atoms with Crippen LogP contribution in [-0.2, 0) is 4.79 Å². The largest absolute Gasteiger partial charge is 0.480 e. The van der Waals surface area contributed by atoms with Crippen LogP contribution in [0.1, 0.15) is 46.5 Å². The second kappa shape index (κ2) is 7.92. The number of carboxylic acid groups (broad SMARTS) is 1. The first-order valence-electron chi connectivity index (χ1n) is 6.23. The van der Waals surface area contributed by atoms with Crippen LogP contribution in [0, 0.1) is 0 Å². The molecule has 0 aromatic heterocycles. The Morgan fingerprint density at radius 3 is 2.18 bits per heavy atom. The van der Waals surface area contributed by atoms with Crippen LogP contribution < -0.4 is 5.32 Å². The van der Waals surface area contributed by atoms with E-state index in [1.165, 1.54) is 11.9 Å². The molecule has 2 unspecified atom stereocenters. The first-order valence-corrected chi connectivity index (χ1v) is 6.23. The number of hydrogen-bond acceptors (Lipinski definition) is 2. The lowest BCUT2D eigenvalue weighted by Gasteiger charge is -2.26. The van der Waals surface area contributed by atoms with Gasteiger partial charge >= 0.3 is 12.0 Å². The van der Waals surface area contributed by atoms with Crippen LogP contribution in [0.15, 0.2) is 0 Å². The van der Waals surface area contributed by atoms with Crippen LogP contribution in [-0.4, -0.2) is 41.1 Å². The first-order chi connectivity index (χ1) is 7.97. The van der Waals surface area contributed by atoms with Gasteiger partial charge in [-0.15, -0.1) is 0 Å². The van der Waals surface area contributed by atoms with Crippen molar-refractivity contribution < 1.29 is 14.7 Å². The molecule has 0 aliphatic carbocycles. The molecule has 0 bridgehead atoms. The molecule has 0 aromatic carbocycles. The Bertz CT molecular complexity index is 256. The van der Waals surface area contributed by atoms with Crippen molar-refractivity contribution in [3.8, 4) is 0 Å². The summed E-state index contributed by atoms with van der Waals surface area (Å²) >= 11 is 0. The van der Waals surface area contributed by atoms with Gasteiger partial charge in [0.25, 0.3) is 0 Å². The maximum absolute atomic E-state index is 11.8. The van der Waals surface area contributed by atoms with Crippen LogP contribution in [0.25, 0.3) is 0 Å². The second-order valence-corrected chi connectivity index (χ2v) is 4.22. The minimum Gasteiger partial charge on any atom is -0.480 e. The normalized spacial score (nSPS) is 13.9. The molecule has 0 spiro atoms. The summed E-state index contributed by atoms with van der Waals surface area (Å²) in [6.45, 7) is 5.83. The summed E-state index contributed by atoms with van der Waals surface area (Å²) in [6, 6.07) is -0.935. The van der Waals surface area contributed by atoms with Crippen molar-refractivity contribution in [3.63, 3.8) is 0 Å². The summed E-state index contributed by atoms with van der Waals surface area (Å²) in [5.74, 6) is -0.964. The molecule has 17 heavy (non-hydrogen) atoms. The standard InChI is InChI=1S/C12H24N2O3/c1-5-8-9(6-2)13-12(17)14(4)10(7-3)11(15)16/h9-10H,5-8H2,1-4H3,(H,13,17)(H,15,16). The zero-order valence-electron chi connectivity index (χ0n) is 11.2. The third-order valence-electron chi connectivity index (χ3n) is 2.92. The fourth-order valence-corrected chi connectivity index (χ4v) is 1.76. The van der Waals surface area contributed by atoms with E-state index in [1.807, 2.05) is 6.92 Å². The fraction of sp³-hybridized carbons (Fsp3) is 0.833. The summed E-state index contributed by atoms with van der Waals surface area (Å²) in [6.07, 6.45) is 3.18. The molecule has 0 saturated carbocycles. The predicted molar refractivity (Wildman–Crippen MR) is 67.0 cm³/mol. The number of rotatable bonds is 7. The van der Waals surface area contributed by atoms with Gasteiger partial charge in [0.15, 0.2) is 0 Å². The van der Waals surface area contributed by atoms with E-state index in [0.29, 0.717) is 6.42 Å². The van der Waals surface area contributed by atoms with Gasteiger partial charge in [-0.1, -0.05) is 27.2 Å². The highest BCUT2D eigenvalue weighted by atomic mass is 16.4. The average molecular weight is 244 g/mol. The van der Waals surface area contributed by atoms with Crippen LogP contribution in [0.4, 0.5) is 4.79 Å². The molecule has 0 heterocycles. The number of amides is 2. The maximum Gasteiger partial charge on any atom is 0.326 e. The van der Waals surface area contributed by atoms with Gasteiger partial charge in [-0.3, -0.25) is 0 Å². The van der Waals surface area contributed by atoms with Gasteiger partial charge in [0.2, 0.25) is 0 Å². The van der Waals surface area contributed by atoms with Gasteiger partial charge in [0.05, 0.1) is 0 Å². The molecular weight excluding hydrogens is 220 g/mol. The maximum atomic E-state index is 11.8. The van der Waals surface area contributed by atoms with E-state index in [4.69, 9.17) is 5.11 Å². The summed E-state index contributed by atoms with van der Waals surface area (Å²) < 4.78 is 0. The average Bonchev–Trinajstić information content (AvgIpc) is 2.28. The lowest BCUT2D eigenvalue weighted by molar-refractivity contribution is -0.141. The number of carbonyl (C=O) groups is 2. The molecule has 0 rings (SSSR count). The minimum absolute atomic E-state index is 0.126. The van der Waals surface area contributed by atoms with Crippen molar-refractivity contribution in [2.75, 3.05) is 7.05 Å². The Hall–Kier alpha value is -1.26. The summed E-state index contributed by atoms with van der Waals surface area (Å²) in [7, 11) is 1.52. The lowest BCUT2D eigenvalue weighted by Crippen LogP contribution is -2.49. The molecule has 0 fully saturated rings. The van der Waals surface area contributed by atoms with Crippen molar-refractivity contribution >= 4 is 12.0 Å². The van der Waals surface area contributed by atoms with Crippen LogP contribution in [0.2, 0.25) is 0 Å². The van der Waals surface area contributed by atoms with Crippen molar-refractivity contribution in [1.29, 1.82) is 0 Å². The van der Waals surface area contributed by atoms with E-state index in [1.54, 1.807) is 6.92 Å². The monoisotopic (exact) mass is 244 g/mol. The molecule has 2 atom stereocenters. The van der Waals surface area contributed by atoms with Crippen LogP contribution in [0.3, 0.4) is 0 Å². The van der Waals surface area contributed by atoms with Gasteiger partial charge in [0.1, 0.15) is 6.04 Å². The topological polar surface area (TPSA) is 69.6 Å². The zero-order valence-corrected chi connectivity index (χ0v) is 11.2. The number of carbonyl (C=O) groups excluding carboxylic acids is 1. The van der Waals surface area contributed by atoms with E-state index in [-0.39, 0.29) is 12.1 Å². The number of nitrogens with one attached hydrogen (secondary N) is 1. The molecule has 0 saturated heterocycles. The number of nitrogens with zero attached hydrogens (tertiary/aromatic N) is 1. The number of hydrogen-bond donors (Lipinski definition) is 2. The van der Waals surface area contributed by atoms with Gasteiger partial charge in [-0.05, 0) is 19.3 Å². The van der Waals surface area contributed by atoms with Crippen LogP contribution in [0.5, 0.6) is 0 Å². The second-order valence-electron chi connectivity index (χ2n) is 4.22. The minimum atomic E-state index is -0.964. The Labute approximate surface area is 103 Å². The van der Waals surface area contributed by atoms with Gasteiger partial charge in [0, 0.05) is 13.1 Å². The summed E-state index contributed by atoms with van der Waals surface area (Å²) in [4.78, 5) is 24.0. The van der Waals surface area contributed by atoms with E-state index >= 15 is 0 Å². The number of carboxylic acids is 1. The zero-order chi connectivity index (χ0) is 13.4. The van der Waals surface area contributed by atoms with Gasteiger partial charge in [-0.2, -0.15) is 0 Å². The smallest absolute Gasteiger partial charge is 0.326 e. The lowest BCUT2D eigenvalue weighted by atomic mass is 10.1. The van der Waals surface area contributed by atoms with Crippen molar-refractivity contribution in [3.05, 3.63) is 0 Å². The van der Waals surface area contributed by atoms with E-state index in [0.717, 1.165) is 19.3 Å². The fourth-order valence-electron chi connectivity index (χ4n) is 1.76. The molecule has 2 N–H and O–H groups in total. The Kier molecular flexibility index (Phi) is 7.34. The predicted octanol–water partition coefficient (Wildman–Crippen LogP) is 2.07. The SMILES string of the molecule is CCCC(CC)NC(=O)N(C)C(CC)C(=O)O. The summed E-state index contributed by atoms with van der Waals surface area (Å²) in [5.41, 5.74) is 0. The molecule has 2 amide bonds. The van der Waals surface area contributed by atoms with E-state index in [9.17, 15) is 9.59 Å². The highest BCUT2D eigenvalue weighted by Gasteiger charge is 2.25. The highest BCUT2D eigenvalue weighted by Crippen LogP contribution is 2.05. The molecule has 0 radical (unpaired) electrons. The quantitative estimate of drug-likeness (QED) is 0.720. The molecule has 5 heteroatoms. The third kappa shape index (κ3) is 5.06. The Morgan fingerprint density at radius 2 is 1.82 bits per heavy atom. The summed E-state index contributed by atoms with van der Waals surface area (Å²) in [5, 5.41) is 11.8. The molecule has 0 aliphatic heterocycles. The Balaban J connectivity index is 4.42.